The first-order chi connectivity index (χ1) is 24.1. The summed E-state index contributed by atoms with van der Waals surface area (Å²) in [7, 11) is 0. The summed E-state index contributed by atoms with van der Waals surface area (Å²) in [5, 5.41) is 8.30. The van der Waals surface area contributed by atoms with Crippen molar-refractivity contribution < 1.29 is 0 Å². The normalized spacial score (nSPS) is 17.8. The minimum absolute atomic E-state index is 0.0213. The van der Waals surface area contributed by atoms with Crippen molar-refractivity contribution >= 4 is 37.9 Å². The predicted octanol–water partition coefficient (Wildman–Crippen LogP) is 14.3. The molecule has 8 rings (SSSR count). The van der Waals surface area contributed by atoms with E-state index >= 15 is 0 Å². The van der Waals surface area contributed by atoms with Crippen molar-refractivity contribution in [2.75, 3.05) is 0 Å². The van der Waals surface area contributed by atoms with Crippen LogP contribution in [0, 0.1) is 12.8 Å². The Morgan fingerprint density at radius 1 is 0.627 bits per heavy atom. The SMILES string of the molecule is CCC1(CC)C2=C(c3ccc(C(C)(C)c4ccc(C)cc4)cc31)C(C)CC(C(C)(C)c1ccc3ccc4cc(C(C)(C)C)cc5ccc1c3c45)=C2. The first kappa shape index (κ1) is 34.0. The summed E-state index contributed by atoms with van der Waals surface area (Å²) in [5.41, 5.74) is 14.7. The standard InChI is InChI=1S/C51H56/c1-12-51(13-2)43-29-37(49(8,9)36-20-14-31(3)15-21-36)22-24-41(43)45-32(4)26-39(30-44(45)51)50(10,11)42-25-19-33-16-17-34-27-38(48(5,6)7)28-35-18-23-40(42)47(33)46(34)35/h14-25,27-30,32H,12-13,26H2,1-11H3. The molecule has 6 aromatic carbocycles. The molecular formula is C51H56. The molecule has 2 aliphatic rings. The fourth-order valence-electron chi connectivity index (χ4n) is 10.1. The molecule has 0 spiro atoms. The van der Waals surface area contributed by atoms with E-state index in [1.807, 2.05) is 0 Å². The zero-order valence-electron chi connectivity index (χ0n) is 32.9. The second kappa shape index (κ2) is 11.4. The summed E-state index contributed by atoms with van der Waals surface area (Å²) in [6.07, 6.45) is 5.98. The van der Waals surface area contributed by atoms with E-state index in [4.69, 9.17) is 0 Å². The van der Waals surface area contributed by atoms with E-state index in [0.29, 0.717) is 5.92 Å². The number of hydrogen-bond donors (Lipinski definition) is 0. The summed E-state index contributed by atoms with van der Waals surface area (Å²) < 4.78 is 0. The molecule has 0 bridgehead atoms. The molecule has 0 aliphatic heterocycles. The zero-order valence-corrected chi connectivity index (χ0v) is 32.9. The van der Waals surface area contributed by atoms with Gasteiger partial charge in [0, 0.05) is 16.2 Å². The van der Waals surface area contributed by atoms with Gasteiger partial charge in [-0.1, -0.05) is 177 Å². The van der Waals surface area contributed by atoms with Gasteiger partial charge in [-0.15, -0.1) is 0 Å². The van der Waals surface area contributed by atoms with Crippen molar-refractivity contribution in [3.8, 4) is 0 Å². The van der Waals surface area contributed by atoms with Crippen LogP contribution in [0.25, 0.3) is 37.9 Å². The van der Waals surface area contributed by atoms with Gasteiger partial charge in [-0.25, -0.2) is 0 Å². The summed E-state index contributed by atoms with van der Waals surface area (Å²) in [6.45, 7) is 26.2. The lowest BCUT2D eigenvalue weighted by Crippen LogP contribution is -2.29. The van der Waals surface area contributed by atoms with Crippen LogP contribution < -0.4 is 0 Å². The Bertz CT molecular complexity index is 2370. The van der Waals surface area contributed by atoms with Crippen molar-refractivity contribution in [3.63, 3.8) is 0 Å². The molecule has 6 aromatic rings. The molecule has 0 saturated heterocycles. The Morgan fingerprint density at radius 2 is 1.24 bits per heavy atom. The van der Waals surface area contributed by atoms with Gasteiger partial charge >= 0.3 is 0 Å². The van der Waals surface area contributed by atoms with E-state index in [0.717, 1.165) is 19.3 Å². The minimum atomic E-state index is -0.119. The predicted molar refractivity (Wildman–Crippen MR) is 223 cm³/mol. The Hall–Kier alpha value is -4.16. The van der Waals surface area contributed by atoms with Crippen molar-refractivity contribution in [1.82, 2.24) is 0 Å². The van der Waals surface area contributed by atoms with Crippen LogP contribution >= 0.6 is 0 Å². The molecular weight excluding hydrogens is 613 g/mol. The average molecular weight is 669 g/mol. The van der Waals surface area contributed by atoms with Gasteiger partial charge in [-0.05, 0) is 114 Å². The second-order valence-corrected chi connectivity index (χ2v) is 18.2. The van der Waals surface area contributed by atoms with Gasteiger partial charge in [-0.2, -0.15) is 0 Å². The van der Waals surface area contributed by atoms with E-state index in [1.165, 1.54) is 65.7 Å². The van der Waals surface area contributed by atoms with Crippen molar-refractivity contribution in [1.29, 1.82) is 0 Å². The lowest BCUT2D eigenvalue weighted by Gasteiger charge is -2.38. The summed E-state index contributed by atoms with van der Waals surface area (Å²) in [5.74, 6) is 0.463. The van der Waals surface area contributed by atoms with E-state index < -0.39 is 0 Å². The van der Waals surface area contributed by atoms with Crippen molar-refractivity contribution in [2.24, 2.45) is 5.92 Å². The van der Waals surface area contributed by atoms with Crippen LogP contribution in [0.15, 0.2) is 108 Å². The molecule has 51 heavy (non-hydrogen) atoms. The largest absolute Gasteiger partial charge is 0.0642 e. The molecule has 0 fully saturated rings. The number of aryl methyl sites for hydroxylation is 1. The van der Waals surface area contributed by atoms with Gasteiger partial charge in [0.25, 0.3) is 0 Å². The number of rotatable bonds is 6. The monoisotopic (exact) mass is 668 g/mol. The average Bonchev–Trinajstić information content (AvgIpc) is 3.39. The molecule has 0 radical (unpaired) electrons. The molecule has 0 heterocycles. The Kier molecular flexibility index (Phi) is 7.60. The number of allylic oxidation sites excluding steroid dienone is 4. The van der Waals surface area contributed by atoms with Crippen LogP contribution in [0.4, 0.5) is 0 Å². The minimum Gasteiger partial charge on any atom is -0.0642 e. The zero-order chi connectivity index (χ0) is 36.2. The lowest BCUT2D eigenvalue weighted by molar-refractivity contribution is 0.475. The fourth-order valence-corrected chi connectivity index (χ4v) is 10.1. The molecule has 0 nitrogen and oxygen atoms in total. The van der Waals surface area contributed by atoms with Crippen molar-refractivity contribution in [3.05, 3.63) is 147 Å². The highest BCUT2D eigenvalue weighted by Crippen LogP contribution is 2.58. The number of fused-ring (bicyclic) bond motifs is 2. The van der Waals surface area contributed by atoms with Gasteiger partial charge in [0.2, 0.25) is 0 Å². The molecule has 260 valence electrons. The molecule has 2 aliphatic carbocycles. The summed E-state index contributed by atoms with van der Waals surface area (Å²) >= 11 is 0. The van der Waals surface area contributed by atoms with Gasteiger partial charge in [-0.3, -0.25) is 0 Å². The van der Waals surface area contributed by atoms with E-state index in [-0.39, 0.29) is 21.7 Å². The van der Waals surface area contributed by atoms with E-state index in [1.54, 1.807) is 22.3 Å². The van der Waals surface area contributed by atoms with Crippen LogP contribution in [0.3, 0.4) is 0 Å². The third-order valence-corrected chi connectivity index (χ3v) is 13.6. The maximum atomic E-state index is 2.68. The number of hydrogen-bond acceptors (Lipinski definition) is 0. The van der Waals surface area contributed by atoms with Gasteiger partial charge in [0.05, 0.1) is 0 Å². The Morgan fingerprint density at radius 3 is 1.88 bits per heavy atom. The fraction of sp³-hybridized carbons (Fsp3) is 0.373. The van der Waals surface area contributed by atoms with Gasteiger partial charge in [0.1, 0.15) is 0 Å². The maximum absolute atomic E-state index is 2.68. The smallest absolute Gasteiger partial charge is 0.0206 e. The maximum Gasteiger partial charge on any atom is 0.0206 e. The highest BCUT2D eigenvalue weighted by molar-refractivity contribution is 6.24. The molecule has 0 heteroatoms. The molecule has 0 aromatic heterocycles. The highest BCUT2D eigenvalue weighted by Gasteiger charge is 2.46. The number of benzene rings is 6. The highest BCUT2D eigenvalue weighted by atomic mass is 14.5. The van der Waals surface area contributed by atoms with E-state index in [2.05, 4.69) is 173 Å². The van der Waals surface area contributed by atoms with Crippen LogP contribution in [-0.4, -0.2) is 0 Å². The van der Waals surface area contributed by atoms with Crippen LogP contribution in [0.5, 0.6) is 0 Å². The molecule has 1 atom stereocenters. The summed E-state index contributed by atoms with van der Waals surface area (Å²) in [6, 6.07) is 35.8. The summed E-state index contributed by atoms with van der Waals surface area (Å²) in [4.78, 5) is 0. The first-order valence-corrected chi connectivity index (χ1v) is 19.5. The molecule has 0 N–H and O–H groups in total. The Labute approximate surface area is 307 Å². The van der Waals surface area contributed by atoms with E-state index in [9.17, 15) is 0 Å². The lowest BCUT2D eigenvalue weighted by atomic mass is 9.65. The first-order valence-electron chi connectivity index (χ1n) is 19.5. The third kappa shape index (κ3) is 4.92. The molecule has 0 amide bonds. The molecule has 1 unspecified atom stereocenters. The molecule has 0 saturated carbocycles. The van der Waals surface area contributed by atoms with Crippen LogP contribution in [0.1, 0.15) is 127 Å². The van der Waals surface area contributed by atoms with Gasteiger partial charge in [0.15, 0.2) is 0 Å². The van der Waals surface area contributed by atoms with Crippen LogP contribution in [-0.2, 0) is 21.7 Å². The second-order valence-electron chi connectivity index (χ2n) is 18.2. The quantitative estimate of drug-likeness (QED) is 0.155. The van der Waals surface area contributed by atoms with Crippen LogP contribution in [0.2, 0.25) is 0 Å². The third-order valence-electron chi connectivity index (χ3n) is 13.6. The topological polar surface area (TPSA) is 0 Å². The Balaban J connectivity index is 1.26. The van der Waals surface area contributed by atoms with Gasteiger partial charge < -0.3 is 0 Å². The van der Waals surface area contributed by atoms with Crippen molar-refractivity contribution in [2.45, 2.75) is 117 Å².